The lowest BCUT2D eigenvalue weighted by Crippen LogP contribution is -2.22. The fourth-order valence-electron chi connectivity index (χ4n) is 2.11. The fourth-order valence-corrected chi connectivity index (χ4v) is 2.11. The maximum atomic E-state index is 12.1. The molecule has 0 aliphatic heterocycles. The molecule has 90 valence electrons. The van der Waals surface area contributed by atoms with E-state index in [0.29, 0.717) is 11.1 Å². The highest BCUT2D eigenvalue weighted by molar-refractivity contribution is 6.53. The van der Waals surface area contributed by atoms with E-state index in [2.05, 4.69) is 0 Å². The summed E-state index contributed by atoms with van der Waals surface area (Å²) < 4.78 is 0. The Morgan fingerprint density at radius 2 is 1.33 bits per heavy atom. The number of allylic oxidation sites excluding steroid dienone is 6. The molecule has 0 radical (unpaired) electrons. The van der Waals surface area contributed by atoms with E-state index >= 15 is 0 Å². The molecule has 1 aromatic rings. The smallest absolute Gasteiger partial charge is 0.234 e. The second kappa shape index (κ2) is 4.96. The SMILES string of the molecule is C/C=C\C1=C(/C=C\C)c2ccccc2C(=O)C1=O. The van der Waals surface area contributed by atoms with Crippen molar-refractivity contribution in [1.29, 1.82) is 0 Å². The molecule has 2 nitrogen and oxygen atoms in total. The minimum absolute atomic E-state index is 0.424. The van der Waals surface area contributed by atoms with Gasteiger partial charge in [0.2, 0.25) is 11.6 Å². The van der Waals surface area contributed by atoms with Gasteiger partial charge in [-0.3, -0.25) is 9.59 Å². The summed E-state index contributed by atoms with van der Waals surface area (Å²) in [4.78, 5) is 24.1. The van der Waals surface area contributed by atoms with Crippen LogP contribution in [0.15, 0.2) is 54.1 Å². The molecule has 0 atom stereocenters. The van der Waals surface area contributed by atoms with E-state index < -0.39 is 11.6 Å². The Kier molecular flexibility index (Phi) is 3.38. The van der Waals surface area contributed by atoms with Crippen LogP contribution >= 0.6 is 0 Å². The lowest BCUT2D eigenvalue weighted by molar-refractivity contribution is -0.111. The van der Waals surface area contributed by atoms with Gasteiger partial charge in [0.25, 0.3) is 0 Å². The van der Waals surface area contributed by atoms with E-state index in [1.54, 1.807) is 24.3 Å². The van der Waals surface area contributed by atoms with Gasteiger partial charge in [-0.2, -0.15) is 0 Å². The zero-order valence-electron chi connectivity index (χ0n) is 10.4. The number of ketones is 2. The Morgan fingerprint density at radius 1 is 0.778 bits per heavy atom. The lowest BCUT2D eigenvalue weighted by Gasteiger charge is -2.17. The number of hydrogen-bond acceptors (Lipinski definition) is 2. The number of rotatable bonds is 2. The van der Waals surface area contributed by atoms with Crippen LogP contribution in [0.5, 0.6) is 0 Å². The van der Waals surface area contributed by atoms with Crippen molar-refractivity contribution in [3.8, 4) is 0 Å². The van der Waals surface area contributed by atoms with Crippen LogP contribution in [0.3, 0.4) is 0 Å². The maximum Gasteiger partial charge on any atom is 0.234 e. The zero-order valence-corrected chi connectivity index (χ0v) is 10.4. The molecular weight excluding hydrogens is 224 g/mol. The molecular formula is C16H14O2. The molecule has 1 aromatic carbocycles. The average molecular weight is 238 g/mol. The van der Waals surface area contributed by atoms with Gasteiger partial charge in [-0.1, -0.05) is 48.6 Å². The predicted molar refractivity (Wildman–Crippen MR) is 72.3 cm³/mol. The van der Waals surface area contributed by atoms with Crippen LogP contribution in [-0.2, 0) is 4.79 Å². The van der Waals surface area contributed by atoms with Gasteiger partial charge in [0.15, 0.2) is 0 Å². The molecule has 0 unspecified atom stereocenters. The van der Waals surface area contributed by atoms with Gasteiger partial charge in [0.1, 0.15) is 0 Å². The largest absolute Gasteiger partial charge is 0.285 e. The van der Waals surface area contributed by atoms with Crippen LogP contribution < -0.4 is 0 Å². The van der Waals surface area contributed by atoms with Crippen LogP contribution in [-0.4, -0.2) is 11.6 Å². The highest BCUT2D eigenvalue weighted by Gasteiger charge is 2.29. The standard InChI is InChI=1S/C16H14O2/c1-3-7-11-12-9-5-6-10-14(12)16(18)15(17)13(11)8-4-2/h3-10H,1-2H3/b7-3-,8-4-. The number of benzene rings is 1. The van der Waals surface area contributed by atoms with Gasteiger partial charge in [-0.15, -0.1) is 0 Å². The Bertz CT molecular complexity index is 601. The molecule has 2 rings (SSSR count). The van der Waals surface area contributed by atoms with Gasteiger partial charge in [0.05, 0.1) is 0 Å². The molecule has 0 aromatic heterocycles. The summed E-state index contributed by atoms with van der Waals surface area (Å²) in [6.45, 7) is 3.72. The number of fused-ring (bicyclic) bond motifs is 1. The van der Waals surface area contributed by atoms with Gasteiger partial charge in [-0.25, -0.2) is 0 Å². The third-order valence-electron chi connectivity index (χ3n) is 2.87. The lowest BCUT2D eigenvalue weighted by atomic mass is 9.83. The van der Waals surface area contributed by atoms with Gasteiger partial charge in [-0.05, 0) is 25.0 Å². The summed E-state index contributed by atoms with van der Waals surface area (Å²) in [5, 5.41) is 0. The van der Waals surface area contributed by atoms with Crippen molar-refractivity contribution in [1.82, 2.24) is 0 Å². The molecule has 0 fully saturated rings. The first kappa shape index (κ1) is 12.2. The maximum absolute atomic E-state index is 12.1. The summed E-state index contributed by atoms with van der Waals surface area (Å²) in [5.41, 5.74) is 2.60. The van der Waals surface area contributed by atoms with E-state index in [-0.39, 0.29) is 0 Å². The molecule has 0 spiro atoms. The van der Waals surface area contributed by atoms with Crippen LogP contribution in [0.1, 0.15) is 29.8 Å². The van der Waals surface area contributed by atoms with Crippen molar-refractivity contribution < 1.29 is 9.59 Å². The van der Waals surface area contributed by atoms with Crippen LogP contribution in [0, 0.1) is 0 Å². The van der Waals surface area contributed by atoms with Crippen molar-refractivity contribution in [3.63, 3.8) is 0 Å². The molecule has 1 aliphatic carbocycles. The van der Waals surface area contributed by atoms with E-state index in [1.165, 1.54) is 0 Å². The monoisotopic (exact) mass is 238 g/mol. The summed E-state index contributed by atoms with van der Waals surface area (Å²) in [5.74, 6) is -0.855. The number of Topliss-reactive ketones (excluding diaryl/α,β-unsaturated/α-hetero) is 2. The molecule has 18 heavy (non-hydrogen) atoms. The summed E-state index contributed by atoms with van der Waals surface area (Å²) >= 11 is 0. The third kappa shape index (κ3) is 1.86. The normalized spacial score (nSPS) is 15.9. The van der Waals surface area contributed by atoms with E-state index in [4.69, 9.17) is 0 Å². The predicted octanol–water partition coefficient (Wildman–Crippen LogP) is 3.36. The third-order valence-corrected chi connectivity index (χ3v) is 2.87. The first-order chi connectivity index (χ1) is 8.70. The first-order valence-electron chi connectivity index (χ1n) is 5.88. The second-order valence-electron chi connectivity index (χ2n) is 4.03. The summed E-state index contributed by atoms with van der Waals surface area (Å²) in [6.07, 6.45) is 7.22. The molecule has 0 bridgehead atoms. The Balaban J connectivity index is 2.79. The summed E-state index contributed by atoms with van der Waals surface area (Å²) in [7, 11) is 0. The highest BCUT2D eigenvalue weighted by Crippen LogP contribution is 2.31. The fraction of sp³-hybridized carbons (Fsp3) is 0.125. The Hall–Kier alpha value is -2.22. The van der Waals surface area contributed by atoms with Crippen LogP contribution in [0.4, 0.5) is 0 Å². The van der Waals surface area contributed by atoms with Crippen molar-refractivity contribution in [2.45, 2.75) is 13.8 Å². The molecule has 0 saturated carbocycles. The van der Waals surface area contributed by atoms with Crippen molar-refractivity contribution in [2.75, 3.05) is 0 Å². The highest BCUT2D eigenvalue weighted by atomic mass is 16.2. The topological polar surface area (TPSA) is 34.1 Å². The van der Waals surface area contributed by atoms with Crippen molar-refractivity contribution in [2.24, 2.45) is 0 Å². The van der Waals surface area contributed by atoms with E-state index in [1.807, 2.05) is 38.1 Å². The minimum atomic E-state index is -0.431. The quantitative estimate of drug-likeness (QED) is 0.740. The molecule has 1 aliphatic rings. The Labute approximate surface area is 106 Å². The van der Waals surface area contributed by atoms with Crippen LogP contribution in [0.25, 0.3) is 5.57 Å². The minimum Gasteiger partial charge on any atom is -0.285 e. The molecule has 0 saturated heterocycles. The van der Waals surface area contributed by atoms with Gasteiger partial charge in [0, 0.05) is 11.1 Å². The second-order valence-corrected chi connectivity index (χ2v) is 4.03. The van der Waals surface area contributed by atoms with Crippen molar-refractivity contribution >= 4 is 17.1 Å². The number of carbonyl (C=O) groups is 2. The van der Waals surface area contributed by atoms with Crippen molar-refractivity contribution in [3.05, 3.63) is 65.3 Å². The summed E-state index contributed by atoms with van der Waals surface area (Å²) in [6, 6.07) is 7.22. The van der Waals surface area contributed by atoms with Crippen LogP contribution in [0.2, 0.25) is 0 Å². The first-order valence-corrected chi connectivity index (χ1v) is 5.88. The Morgan fingerprint density at radius 3 is 1.94 bits per heavy atom. The van der Waals surface area contributed by atoms with E-state index in [0.717, 1.165) is 11.1 Å². The van der Waals surface area contributed by atoms with Gasteiger partial charge >= 0.3 is 0 Å². The van der Waals surface area contributed by atoms with Gasteiger partial charge < -0.3 is 0 Å². The molecule has 2 heteroatoms. The molecule has 0 N–H and O–H groups in total. The number of hydrogen-bond donors (Lipinski definition) is 0. The van der Waals surface area contributed by atoms with E-state index in [9.17, 15) is 9.59 Å². The zero-order chi connectivity index (χ0) is 13.1. The number of carbonyl (C=O) groups excluding carboxylic acids is 2. The average Bonchev–Trinajstić information content (AvgIpc) is 2.40. The molecule has 0 amide bonds. The molecule has 0 heterocycles.